The molecular formula is C17H26N2O. The first-order valence-corrected chi connectivity index (χ1v) is 7.64. The molecule has 3 heteroatoms. The average Bonchev–Trinajstić information content (AvgIpc) is 2.63. The summed E-state index contributed by atoms with van der Waals surface area (Å²) in [6.45, 7) is 2.35. The second-order valence-corrected chi connectivity index (χ2v) is 6.24. The van der Waals surface area contributed by atoms with Gasteiger partial charge in [0.15, 0.2) is 0 Å². The third-order valence-corrected chi connectivity index (χ3v) is 4.14. The topological polar surface area (TPSA) is 32.3 Å². The van der Waals surface area contributed by atoms with E-state index in [1.807, 2.05) is 18.2 Å². The van der Waals surface area contributed by atoms with Gasteiger partial charge >= 0.3 is 0 Å². The third-order valence-electron chi connectivity index (χ3n) is 4.14. The van der Waals surface area contributed by atoms with Gasteiger partial charge in [-0.2, -0.15) is 0 Å². The Morgan fingerprint density at radius 2 is 2.00 bits per heavy atom. The lowest BCUT2D eigenvalue weighted by molar-refractivity contribution is 0.0827. The molecule has 110 valence electrons. The Morgan fingerprint density at radius 1 is 1.20 bits per heavy atom. The minimum atomic E-state index is 0.0585. The van der Waals surface area contributed by atoms with E-state index in [0.717, 1.165) is 17.2 Å². The van der Waals surface area contributed by atoms with Crippen molar-refractivity contribution >= 4 is 11.6 Å². The predicted molar refractivity (Wildman–Crippen MR) is 84.1 cm³/mol. The van der Waals surface area contributed by atoms with Crippen molar-refractivity contribution in [2.75, 3.05) is 19.4 Å². The Morgan fingerprint density at radius 3 is 2.75 bits per heavy atom. The lowest BCUT2D eigenvalue weighted by atomic mass is 10.0. The van der Waals surface area contributed by atoms with E-state index >= 15 is 0 Å². The number of amides is 1. The second-order valence-electron chi connectivity index (χ2n) is 6.24. The Balaban J connectivity index is 2.02. The van der Waals surface area contributed by atoms with Gasteiger partial charge in [-0.15, -0.1) is 0 Å². The number of nitrogens with zero attached hydrogens (tertiary/aromatic N) is 1. The molecule has 0 aromatic heterocycles. The normalized spacial score (nSPS) is 22.9. The Bertz CT molecular complexity index is 456. The summed E-state index contributed by atoms with van der Waals surface area (Å²) < 4.78 is 0. The van der Waals surface area contributed by atoms with Crippen molar-refractivity contribution in [3.63, 3.8) is 0 Å². The molecular weight excluding hydrogens is 248 g/mol. The zero-order valence-electron chi connectivity index (χ0n) is 12.9. The van der Waals surface area contributed by atoms with E-state index in [1.54, 1.807) is 19.0 Å². The number of carbonyl (C=O) groups is 1. The van der Waals surface area contributed by atoms with Crippen molar-refractivity contribution < 1.29 is 4.79 Å². The summed E-state index contributed by atoms with van der Waals surface area (Å²) in [5.74, 6) is 0.909. The van der Waals surface area contributed by atoms with E-state index < -0.39 is 0 Å². The van der Waals surface area contributed by atoms with Gasteiger partial charge in [-0.3, -0.25) is 4.79 Å². The van der Waals surface area contributed by atoms with Crippen LogP contribution in [-0.4, -0.2) is 30.9 Å². The molecule has 1 N–H and O–H groups in total. The SMILES string of the molecule is CC1CCCC(Nc2cccc(C(=O)N(C)C)c2)CC1. The molecule has 2 rings (SSSR count). The molecule has 0 heterocycles. The number of benzene rings is 1. The molecule has 2 atom stereocenters. The number of hydrogen-bond acceptors (Lipinski definition) is 2. The molecule has 1 aromatic rings. The van der Waals surface area contributed by atoms with Crippen molar-refractivity contribution in [3.05, 3.63) is 29.8 Å². The number of rotatable bonds is 3. The van der Waals surface area contributed by atoms with Gasteiger partial charge in [0.1, 0.15) is 0 Å². The molecule has 0 aliphatic heterocycles. The van der Waals surface area contributed by atoms with Crippen LogP contribution in [0.5, 0.6) is 0 Å². The first-order valence-electron chi connectivity index (χ1n) is 7.64. The lowest BCUT2D eigenvalue weighted by Gasteiger charge is -2.19. The maximum atomic E-state index is 12.0. The van der Waals surface area contributed by atoms with E-state index in [9.17, 15) is 4.79 Å². The van der Waals surface area contributed by atoms with Crippen molar-refractivity contribution in [3.8, 4) is 0 Å². The second kappa shape index (κ2) is 6.78. The van der Waals surface area contributed by atoms with Gasteiger partial charge in [0.2, 0.25) is 0 Å². The third kappa shape index (κ3) is 3.99. The molecule has 1 fully saturated rings. The smallest absolute Gasteiger partial charge is 0.253 e. The largest absolute Gasteiger partial charge is 0.382 e. The van der Waals surface area contributed by atoms with E-state index in [0.29, 0.717) is 6.04 Å². The summed E-state index contributed by atoms with van der Waals surface area (Å²) in [5.41, 5.74) is 1.82. The Labute approximate surface area is 122 Å². The highest BCUT2D eigenvalue weighted by Gasteiger charge is 2.16. The summed E-state index contributed by atoms with van der Waals surface area (Å²) in [6, 6.07) is 8.41. The fraction of sp³-hybridized carbons (Fsp3) is 0.588. The molecule has 1 saturated carbocycles. The molecule has 0 bridgehead atoms. The van der Waals surface area contributed by atoms with E-state index in [1.165, 1.54) is 32.1 Å². The van der Waals surface area contributed by atoms with Crippen molar-refractivity contribution in [2.24, 2.45) is 5.92 Å². The van der Waals surface area contributed by atoms with Crippen LogP contribution in [0.25, 0.3) is 0 Å². The first-order chi connectivity index (χ1) is 9.56. The Kier molecular flexibility index (Phi) is 5.05. The van der Waals surface area contributed by atoms with Gasteiger partial charge < -0.3 is 10.2 Å². The van der Waals surface area contributed by atoms with Gasteiger partial charge in [0.05, 0.1) is 0 Å². The quantitative estimate of drug-likeness (QED) is 0.851. The molecule has 0 spiro atoms. The van der Waals surface area contributed by atoms with Gasteiger partial charge in [-0.25, -0.2) is 0 Å². The first kappa shape index (κ1) is 14.9. The minimum absolute atomic E-state index is 0.0585. The van der Waals surface area contributed by atoms with E-state index in [-0.39, 0.29) is 5.91 Å². The lowest BCUT2D eigenvalue weighted by Crippen LogP contribution is -2.22. The fourth-order valence-electron chi connectivity index (χ4n) is 2.87. The highest BCUT2D eigenvalue weighted by Crippen LogP contribution is 2.25. The van der Waals surface area contributed by atoms with Gasteiger partial charge in [0.25, 0.3) is 5.91 Å². The van der Waals surface area contributed by atoms with Crippen molar-refractivity contribution in [2.45, 2.75) is 45.1 Å². The van der Waals surface area contributed by atoms with E-state index in [4.69, 9.17) is 0 Å². The molecule has 0 radical (unpaired) electrons. The van der Waals surface area contributed by atoms with Crippen LogP contribution in [0.1, 0.15) is 49.4 Å². The van der Waals surface area contributed by atoms with E-state index in [2.05, 4.69) is 18.3 Å². The van der Waals surface area contributed by atoms with Gasteiger partial charge in [0, 0.05) is 31.4 Å². The van der Waals surface area contributed by atoms with Crippen LogP contribution in [0.15, 0.2) is 24.3 Å². The number of hydrogen-bond donors (Lipinski definition) is 1. The van der Waals surface area contributed by atoms with Gasteiger partial charge in [-0.05, 0) is 43.4 Å². The molecule has 1 aliphatic carbocycles. The number of carbonyl (C=O) groups excluding carboxylic acids is 1. The predicted octanol–water partition coefficient (Wildman–Crippen LogP) is 3.77. The van der Waals surface area contributed by atoms with Crippen LogP contribution in [0.4, 0.5) is 5.69 Å². The summed E-state index contributed by atoms with van der Waals surface area (Å²) in [6.07, 6.45) is 6.41. The van der Waals surface area contributed by atoms with Crippen LogP contribution >= 0.6 is 0 Å². The molecule has 1 aromatic carbocycles. The van der Waals surface area contributed by atoms with Gasteiger partial charge in [-0.1, -0.05) is 25.8 Å². The van der Waals surface area contributed by atoms with Crippen molar-refractivity contribution in [1.82, 2.24) is 4.90 Å². The fourth-order valence-corrected chi connectivity index (χ4v) is 2.87. The summed E-state index contributed by atoms with van der Waals surface area (Å²) in [4.78, 5) is 13.6. The highest BCUT2D eigenvalue weighted by molar-refractivity contribution is 5.94. The monoisotopic (exact) mass is 274 g/mol. The highest BCUT2D eigenvalue weighted by atomic mass is 16.2. The van der Waals surface area contributed by atoms with Crippen LogP contribution in [0.3, 0.4) is 0 Å². The van der Waals surface area contributed by atoms with Crippen LogP contribution in [0, 0.1) is 5.92 Å². The molecule has 2 unspecified atom stereocenters. The maximum Gasteiger partial charge on any atom is 0.253 e. The standard InChI is InChI=1S/C17H26N2O/c1-13-6-4-8-15(11-10-13)18-16-9-5-7-14(12-16)17(20)19(2)3/h5,7,9,12-13,15,18H,4,6,8,10-11H2,1-3H3. The van der Waals surface area contributed by atoms with Crippen LogP contribution < -0.4 is 5.32 Å². The zero-order chi connectivity index (χ0) is 14.5. The molecule has 1 aliphatic rings. The van der Waals surface area contributed by atoms with Crippen LogP contribution in [-0.2, 0) is 0 Å². The molecule has 1 amide bonds. The Hall–Kier alpha value is -1.51. The summed E-state index contributed by atoms with van der Waals surface area (Å²) in [5, 5.41) is 3.60. The molecule has 3 nitrogen and oxygen atoms in total. The summed E-state index contributed by atoms with van der Waals surface area (Å²) >= 11 is 0. The molecule has 20 heavy (non-hydrogen) atoms. The average molecular weight is 274 g/mol. The maximum absolute atomic E-state index is 12.0. The number of nitrogens with one attached hydrogen (secondary N) is 1. The minimum Gasteiger partial charge on any atom is -0.382 e. The zero-order valence-corrected chi connectivity index (χ0v) is 12.9. The van der Waals surface area contributed by atoms with Crippen LogP contribution in [0.2, 0.25) is 0 Å². The summed E-state index contributed by atoms with van der Waals surface area (Å²) in [7, 11) is 3.57. The number of anilines is 1. The van der Waals surface area contributed by atoms with Crippen molar-refractivity contribution in [1.29, 1.82) is 0 Å². The molecule has 0 saturated heterocycles.